The summed E-state index contributed by atoms with van der Waals surface area (Å²) in [6.07, 6.45) is 2.88. The van der Waals surface area contributed by atoms with Gasteiger partial charge in [-0.15, -0.1) is 0 Å². The normalized spacial score (nSPS) is 16.8. The molecule has 0 aromatic heterocycles. The molecule has 18 heavy (non-hydrogen) atoms. The Kier molecular flexibility index (Phi) is 3.81. The second kappa shape index (κ2) is 5.19. The van der Waals surface area contributed by atoms with E-state index in [4.69, 9.17) is 16.3 Å². The molecule has 1 aromatic carbocycles. The van der Waals surface area contributed by atoms with Gasteiger partial charge in [0, 0.05) is 17.3 Å². The average molecular weight is 268 g/mol. The van der Waals surface area contributed by atoms with E-state index in [-0.39, 0.29) is 11.4 Å². The predicted molar refractivity (Wildman–Crippen MR) is 73.0 cm³/mol. The molecule has 0 heterocycles. The van der Waals surface area contributed by atoms with Crippen molar-refractivity contribution in [2.45, 2.75) is 26.2 Å². The average Bonchev–Trinajstić information content (AvgIpc) is 2.32. The maximum atomic E-state index is 11.8. The fraction of sp³-hybridized carbons (Fsp3) is 0.500. The Morgan fingerprint density at radius 2 is 2.22 bits per heavy atom. The van der Waals surface area contributed by atoms with E-state index in [1.54, 1.807) is 0 Å². The van der Waals surface area contributed by atoms with E-state index in [0.717, 1.165) is 35.5 Å². The summed E-state index contributed by atoms with van der Waals surface area (Å²) < 4.78 is 4.89. The van der Waals surface area contributed by atoms with Crippen molar-refractivity contribution >= 4 is 23.3 Å². The van der Waals surface area contributed by atoms with Crippen LogP contribution in [0.25, 0.3) is 0 Å². The highest BCUT2D eigenvalue weighted by atomic mass is 35.5. The second-order valence-corrected chi connectivity index (χ2v) is 5.30. The monoisotopic (exact) mass is 267 g/mol. The van der Waals surface area contributed by atoms with Gasteiger partial charge in [0.25, 0.3) is 0 Å². The third-order valence-corrected chi connectivity index (χ3v) is 4.22. The third kappa shape index (κ3) is 2.32. The van der Waals surface area contributed by atoms with Crippen molar-refractivity contribution in [1.29, 1.82) is 0 Å². The lowest BCUT2D eigenvalue weighted by atomic mass is 9.68. The minimum absolute atomic E-state index is 0.110. The van der Waals surface area contributed by atoms with Crippen LogP contribution in [-0.4, -0.2) is 19.6 Å². The lowest BCUT2D eigenvalue weighted by Crippen LogP contribution is -2.44. The minimum Gasteiger partial charge on any atom is -0.469 e. The van der Waals surface area contributed by atoms with E-state index >= 15 is 0 Å². The fourth-order valence-electron chi connectivity index (χ4n) is 2.34. The van der Waals surface area contributed by atoms with Crippen molar-refractivity contribution in [3.63, 3.8) is 0 Å². The molecule has 1 saturated carbocycles. The summed E-state index contributed by atoms with van der Waals surface area (Å²) in [4.78, 5) is 11.8. The maximum absolute atomic E-state index is 11.8. The molecular formula is C14H18ClNO2. The summed E-state index contributed by atoms with van der Waals surface area (Å²) >= 11 is 6.07. The highest BCUT2D eigenvalue weighted by Crippen LogP contribution is 2.42. The van der Waals surface area contributed by atoms with Gasteiger partial charge in [0.05, 0.1) is 12.5 Å². The summed E-state index contributed by atoms with van der Waals surface area (Å²) in [6.45, 7) is 2.58. The molecule has 0 radical (unpaired) electrons. The number of ether oxygens (including phenoxy) is 1. The van der Waals surface area contributed by atoms with Crippen LogP contribution in [0.15, 0.2) is 18.2 Å². The van der Waals surface area contributed by atoms with Gasteiger partial charge in [-0.1, -0.05) is 24.1 Å². The zero-order chi connectivity index (χ0) is 13.2. The second-order valence-electron chi connectivity index (χ2n) is 4.89. The summed E-state index contributed by atoms with van der Waals surface area (Å²) in [6, 6.07) is 5.75. The lowest BCUT2D eigenvalue weighted by molar-refractivity contribution is -0.157. The Morgan fingerprint density at radius 3 is 2.78 bits per heavy atom. The number of hydrogen-bond donors (Lipinski definition) is 1. The van der Waals surface area contributed by atoms with Crippen LogP contribution in [0.3, 0.4) is 0 Å². The molecule has 0 unspecified atom stereocenters. The molecule has 2 rings (SSSR count). The summed E-state index contributed by atoms with van der Waals surface area (Å²) in [5, 5.41) is 4.06. The fourth-order valence-corrected chi connectivity index (χ4v) is 2.51. The Hall–Kier alpha value is -1.22. The summed E-state index contributed by atoms with van der Waals surface area (Å²) in [5.74, 6) is -0.110. The van der Waals surface area contributed by atoms with Gasteiger partial charge in [-0.25, -0.2) is 0 Å². The Bertz CT molecular complexity index is 455. The topological polar surface area (TPSA) is 38.3 Å². The maximum Gasteiger partial charge on any atom is 0.313 e. The van der Waals surface area contributed by atoms with Crippen LogP contribution >= 0.6 is 11.6 Å². The molecule has 1 aliphatic carbocycles. The number of esters is 1. The van der Waals surface area contributed by atoms with Gasteiger partial charge in [-0.05, 0) is 37.5 Å². The van der Waals surface area contributed by atoms with Crippen molar-refractivity contribution < 1.29 is 9.53 Å². The van der Waals surface area contributed by atoms with E-state index in [1.165, 1.54) is 7.11 Å². The van der Waals surface area contributed by atoms with Crippen LogP contribution < -0.4 is 5.32 Å². The first-order valence-corrected chi connectivity index (χ1v) is 6.54. The molecule has 0 amide bonds. The van der Waals surface area contributed by atoms with Crippen LogP contribution in [0.1, 0.15) is 24.8 Å². The van der Waals surface area contributed by atoms with Gasteiger partial charge >= 0.3 is 5.97 Å². The molecule has 0 saturated heterocycles. The van der Waals surface area contributed by atoms with Crippen LogP contribution in [0.2, 0.25) is 5.02 Å². The van der Waals surface area contributed by atoms with Crippen LogP contribution in [0, 0.1) is 12.3 Å². The first kappa shape index (κ1) is 13.2. The number of halogens is 1. The standard InChI is InChI=1S/C14H18ClNO2/c1-10-11(15)5-3-6-12(10)16-9-14(7-4-8-14)13(17)18-2/h3,5-6,16H,4,7-9H2,1-2H3. The van der Waals surface area contributed by atoms with Gasteiger partial charge in [0.1, 0.15) is 0 Å². The van der Waals surface area contributed by atoms with Crippen LogP contribution in [-0.2, 0) is 9.53 Å². The van der Waals surface area contributed by atoms with Crippen molar-refractivity contribution in [3.05, 3.63) is 28.8 Å². The molecule has 1 aliphatic rings. The van der Waals surface area contributed by atoms with E-state index < -0.39 is 0 Å². The van der Waals surface area contributed by atoms with Gasteiger partial charge in [-0.3, -0.25) is 4.79 Å². The first-order valence-electron chi connectivity index (χ1n) is 6.16. The van der Waals surface area contributed by atoms with Gasteiger partial charge in [-0.2, -0.15) is 0 Å². The van der Waals surface area contributed by atoms with Crippen LogP contribution in [0.4, 0.5) is 5.69 Å². The van der Waals surface area contributed by atoms with Gasteiger partial charge in [0.15, 0.2) is 0 Å². The number of anilines is 1. The smallest absolute Gasteiger partial charge is 0.313 e. The van der Waals surface area contributed by atoms with Gasteiger partial charge < -0.3 is 10.1 Å². The number of nitrogens with one attached hydrogen (secondary N) is 1. The van der Waals surface area contributed by atoms with Crippen molar-refractivity contribution in [2.75, 3.05) is 19.0 Å². The highest BCUT2D eigenvalue weighted by molar-refractivity contribution is 6.31. The minimum atomic E-state index is -0.344. The Balaban J connectivity index is 2.07. The predicted octanol–water partition coefficient (Wildman–Crippen LogP) is 3.40. The lowest BCUT2D eigenvalue weighted by Gasteiger charge is -2.39. The molecule has 1 fully saturated rings. The first-order chi connectivity index (χ1) is 8.59. The molecule has 0 aliphatic heterocycles. The molecular weight excluding hydrogens is 250 g/mol. The van der Waals surface area contributed by atoms with E-state index in [2.05, 4.69) is 5.32 Å². The number of carbonyl (C=O) groups excluding carboxylic acids is 1. The van der Waals surface area contributed by atoms with E-state index in [9.17, 15) is 4.79 Å². The molecule has 4 heteroatoms. The molecule has 1 aromatic rings. The van der Waals surface area contributed by atoms with Crippen molar-refractivity contribution in [1.82, 2.24) is 0 Å². The highest BCUT2D eigenvalue weighted by Gasteiger charge is 2.45. The third-order valence-electron chi connectivity index (χ3n) is 3.81. The van der Waals surface area contributed by atoms with Crippen molar-refractivity contribution in [2.24, 2.45) is 5.41 Å². The zero-order valence-electron chi connectivity index (χ0n) is 10.8. The molecule has 3 nitrogen and oxygen atoms in total. The zero-order valence-corrected chi connectivity index (χ0v) is 11.5. The quantitative estimate of drug-likeness (QED) is 0.850. The number of carbonyl (C=O) groups is 1. The SMILES string of the molecule is COC(=O)C1(CNc2cccc(Cl)c2C)CCC1. The summed E-state index contributed by atoms with van der Waals surface area (Å²) in [7, 11) is 1.45. The Morgan fingerprint density at radius 1 is 1.50 bits per heavy atom. The number of rotatable bonds is 4. The van der Waals surface area contributed by atoms with E-state index in [1.807, 2.05) is 25.1 Å². The van der Waals surface area contributed by atoms with Gasteiger partial charge in [0.2, 0.25) is 0 Å². The number of methoxy groups -OCH3 is 1. The number of hydrogen-bond acceptors (Lipinski definition) is 3. The molecule has 0 spiro atoms. The molecule has 0 atom stereocenters. The summed E-state index contributed by atoms with van der Waals surface area (Å²) in [5.41, 5.74) is 1.65. The molecule has 98 valence electrons. The van der Waals surface area contributed by atoms with E-state index in [0.29, 0.717) is 6.54 Å². The van der Waals surface area contributed by atoms with Crippen molar-refractivity contribution in [3.8, 4) is 0 Å². The molecule has 0 bridgehead atoms. The molecule has 1 N–H and O–H groups in total. The number of benzene rings is 1. The largest absolute Gasteiger partial charge is 0.469 e. The van der Waals surface area contributed by atoms with Crippen LogP contribution in [0.5, 0.6) is 0 Å². The Labute approximate surface area is 112 Å².